The number of carbonyl (C=O) groups is 1. The van der Waals surface area contributed by atoms with Crippen LogP contribution in [0.3, 0.4) is 0 Å². The lowest BCUT2D eigenvalue weighted by Gasteiger charge is -2.28. The number of nitrogens with zero attached hydrogens (tertiary/aromatic N) is 9. The van der Waals surface area contributed by atoms with E-state index in [1.165, 1.54) is 18.1 Å². The van der Waals surface area contributed by atoms with Crippen molar-refractivity contribution >= 4 is 28.6 Å². The van der Waals surface area contributed by atoms with Crippen LogP contribution in [-0.2, 0) is 25.4 Å². The quantitative estimate of drug-likeness (QED) is 0.241. The molecule has 1 aliphatic rings. The van der Waals surface area contributed by atoms with E-state index in [0.717, 1.165) is 39.2 Å². The molecule has 0 aliphatic carbocycles. The summed E-state index contributed by atoms with van der Waals surface area (Å²) in [6.07, 6.45) is 5.15. The van der Waals surface area contributed by atoms with Gasteiger partial charge in [-0.25, -0.2) is 9.67 Å². The molecule has 8 rings (SSSR count). The van der Waals surface area contributed by atoms with Crippen LogP contribution in [0.15, 0.2) is 89.0 Å². The third-order valence-corrected chi connectivity index (χ3v) is 8.55. The van der Waals surface area contributed by atoms with Crippen molar-refractivity contribution in [2.75, 3.05) is 6.54 Å². The number of fused-ring (bicyclic) bond motifs is 2. The Kier molecular flexibility index (Phi) is 6.52. The minimum Gasteiger partial charge on any atom is -0.451 e. The van der Waals surface area contributed by atoms with E-state index in [-0.39, 0.29) is 5.91 Å². The molecule has 218 valence electrons. The van der Waals surface area contributed by atoms with Gasteiger partial charge < -0.3 is 9.32 Å². The van der Waals surface area contributed by atoms with Gasteiger partial charge in [-0.2, -0.15) is 15.3 Å². The summed E-state index contributed by atoms with van der Waals surface area (Å²) in [5, 5.41) is 29.3. The molecule has 1 aliphatic heterocycles. The van der Waals surface area contributed by atoms with Gasteiger partial charge in [-0.1, -0.05) is 65.5 Å². The fraction of sp³-hybridized carbons (Fsp3) is 0.167. The van der Waals surface area contributed by atoms with Crippen LogP contribution >= 0.6 is 11.8 Å². The molecule has 0 fully saturated rings. The second-order valence-corrected chi connectivity index (χ2v) is 11.3. The first-order valence-electron chi connectivity index (χ1n) is 14.0. The van der Waals surface area contributed by atoms with E-state index < -0.39 is 0 Å². The summed E-state index contributed by atoms with van der Waals surface area (Å²) in [6, 6.07) is 19.7. The van der Waals surface area contributed by atoms with Crippen molar-refractivity contribution in [3.63, 3.8) is 0 Å². The molecule has 1 amide bonds. The van der Waals surface area contributed by atoms with Crippen LogP contribution in [0.1, 0.15) is 27.5 Å². The third-order valence-electron chi connectivity index (χ3n) is 7.64. The van der Waals surface area contributed by atoms with E-state index in [2.05, 4.69) is 40.8 Å². The normalized spacial score (nSPS) is 13.0. The number of furan rings is 1. The first-order chi connectivity index (χ1) is 21.7. The Labute approximate surface area is 254 Å². The van der Waals surface area contributed by atoms with E-state index in [1.807, 2.05) is 71.5 Å². The lowest BCUT2D eigenvalue weighted by atomic mass is 10.1. The number of aromatic nitrogens is 10. The third kappa shape index (κ3) is 4.84. The molecule has 13 nitrogen and oxygen atoms in total. The van der Waals surface area contributed by atoms with E-state index >= 15 is 0 Å². The molecular weight excluding hydrogens is 578 g/mol. The lowest BCUT2D eigenvalue weighted by molar-refractivity contribution is 0.0675. The Hall–Kier alpha value is -5.50. The van der Waals surface area contributed by atoms with E-state index in [0.29, 0.717) is 54.1 Å². The van der Waals surface area contributed by atoms with Gasteiger partial charge >= 0.3 is 0 Å². The standard InChI is InChI=1S/C30H25N11O2S/c42-29(28-23(17-44-30-31-18-32-37-30)21-8-4-5-9-27(21)43-28)39-10-11-41-26(16-39)22(13-33-41)25-15-40(38-36-25)14-20-12-24(35-34-20)19-6-2-1-3-7-19/h1-9,12-13,15,18H,10-11,14,16-17H2,(H,34,35)(H,31,32,37). The molecule has 0 atom stereocenters. The smallest absolute Gasteiger partial charge is 0.290 e. The maximum Gasteiger partial charge on any atom is 0.290 e. The average Bonchev–Trinajstić information content (AvgIpc) is 3.90. The molecule has 2 N–H and O–H groups in total. The highest BCUT2D eigenvalue weighted by atomic mass is 32.2. The number of carbonyl (C=O) groups excluding carboxylic acids is 1. The van der Waals surface area contributed by atoms with Crippen molar-refractivity contribution in [1.82, 2.24) is 55.1 Å². The van der Waals surface area contributed by atoms with Gasteiger partial charge in [0.05, 0.1) is 49.1 Å². The lowest BCUT2D eigenvalue weighted by Crippen LogP contribution is -2.38. The number of aromatic amines is 2. The monoisotopic (exact) mass is 603 g/mol. The predicted octanol–water partition coefficient (Wildman–Crippen LogP) is 4.39. The molecule has 0 saturated heterocycles. The van der Waals surface area contributed by atoms with Gasteiger partial charge in [-0.05, 0) is 12.1 Å². The predicted molar refractivity (Wildman–Crippen MR) is 161 cm³/mol. The average molecular weight is 604 g/mol. The van der Waals surface area contributed by atoms with Gasteiger partial charge in [0.1, 0.15) is 17.6 Å². The molecule has 44 heavy (non-hydrogen) atoms. The first-order valence-corrected chi connectivity index (χ1v) is 15.0. The fourth-order valence-electron chi connectivity index (χ4n) is 5.47. The number of benzene rings is 2. The molecule has 6 heterocycles. The Balaban J connectivity index is 1.02. The van der Waals surface area contributed by atoms with E-state index in [4.69, 9.17) is 4.42 Å². The molecule has 2 aromatic carbocycles. The van der Waals surface area contributed by atoms with Crippen LogP contribution < -0.4 is 0 Å². The molecule has 5 aromatic heterocycles. The maximum atomic E-state index is 14.0. The molecular formula is C30H25N11O2S. The number of amides is 1. The summed E-state index contributed by atoms with van der Waals surface area (Å²) in [6.45, 7) is 1.93. The summed E-state index contributed by atoms with van der Waals surface area (Å²) in [5.41, 5.74) is 6.78. The van der Waals surface area contributed by atoms with E-state index in [9.17, 15) is 4.79 Å². The minimum atomic E-state index is -0.162. The van der Waals surface area contributed by atoms with Crippen LogP contribution in [0.2, 0.25) is 0 Å². The van der Waals surface area contributed by atoms with Crippen molar-refractivity contribution < 1.29 is 9.21 Å². The highest BCUT2D eigenvalue weighted by Gasteiger charge is 2.30. The number of hydrogen-bond donors (Lipinski definition) is 2. The zero-order valence-corrected chi connectivity index (χ0v) is 24.1. The van der Waals surface area contributed by atoms with Gasteiger partial charge in [-0.15, -0.1) is 5.10 Å². The van der Waals surface area contributed by atoms with Crippen LogP contribution in [0, 0.1) is 0 Å². The first kappa shape index (κ1) is 26.2. The summed E-state index contributed by atoms with van der Waals surface area (Å²) in [5.74, 6) is 0.689. The Morgan fingerprint density at radius 1 is 1.02 bits per heavy atom. The molecule has 0 saturated carbocycles. The molecule has 7 aromatic rings. The van der Waals surface area contributed by atoms with Crippen molar-refractivity contribution in [2.45, 2.75) is 30.5 Å². The molecule has 0 radical (unpaired) electrons. The number of thioether (sulfide) groups is 1. The second kappa shape index (κ2) is 11.0. The van der Waals surface area contributed by atoms with Crippen molar-refractivity contribution in [3.8, 4) is 22.5 Å². The minimum absolute atomic E-state index is 0.162. The Bertz CT molecular complexity index is 2070. The van der Waals surface area contributed by atoms with Crippen LogP contribution in [0.25, 0.3) is 33.5 Å². The van der Waals surface area contributed by atoms with Crippen LogP contribution in [0.5, 0.6) is 0 Å². The number of H-pyrrole nitrogens is 2. The molecule has 14 heteroatoms. The van der Waals surface area contributed by atoms with Gasteiger partial charge in [0.15, 0.2) is 10.9 Å². The van der Waals surface area contributed by atoms with Gasteiger partial charge in [0.25, 0.3) is 5.91 Å². The number of nitrogens with one attached hydrogen (secondary N) is 2. The highest BCUT2D eigenvalue weighted by Crippen LogP contribution is 2.33. The van der Waals surface area contributed by atoms with Crippen LogP contribution in [0.4, 0.5) is 0 Å². The fourth-order valence-corrected chi connectivity index (χ4v) is 6.28. The summed E-state index contributed by atoms with van der Waals surface area (Å²) in [7, 11) is 0. The summed E-state index contributed by atoms with van der Waals surface area (Å²) in [4.78, 5) is 20.0. The Morgan fingerprint density at radius 2 is 1.91 bits per heavy atom. The zero-order valence-electron chi connectivity index (χ0n) is 23.3. The summed E-state index contributed by atoms with van der Waals surface area (Å²) >= 11 is 1.47. The molecule has 0 bridgehead atoms. The van der Waals surface area contributed by atoms with E-state index in [1.54, 1.807) is 15.8 Å². The molecule has 0 spiro atoms. The zero-order chi connectivity index (χ0) is 29.5. The number of para-hydroxylation sites is 1. The van der Waals surface area contributed by atoms with Gasteiger partial charge in [0, 0.05) is 34.4 Å². The van der Waals surface area contributed by atoms with Crippen molar-refractivity contribution in [1.29, 1.82) is 0 Å². The SMILES string of the molecule is O=C(c1oc2ccccc2c1CSc1ncn[nH]1)N1CCn2ncc(-c3cn(Cc4cc(-c5ccccc5)n[nH]4)nn3)c2C1. The maximum absolute atomic E-state index is 14.0. The Morgan fingerprint density at radius 3 is 2.80 bits per heavy atom. The highest BCUT2D eigenvalue weighted by molar-refractivity contribution is 7.98. The van der Waals surface area contributed by atoms with Gasteiger partial charge in [0.2, 0.25) is 0 Å². The molecule has 0 unspecified atom stereocenters. The van der Waals surface area contributed by atoms with Crippen LogP contribution in [-0.4, -0.2) is 67.5 Å². The summed E-state index contributed by atoms with van der Waals surface area (Å²) < 4.78 is 9.84. The van der Waals surface area contributed by atoms with Crippen molar-refractivity contribution in [2.24, 2.45) is 0 Å². The second-order valence-electron chi connectivity index (χ2n) is 10.4. The number of hydrogen-bond acceptors (Lipinski definition) is 9. The largest absolute Gasteiger partial charge is 0.451 e. The number of rotatable bonds is 8. The topological polar surface area (TPSA) is 152 Å². The van der Waals surface area contributed by atoms with Crippen molar-refractivity contribution in [3.05, 3.63) is 102 Å². The van der Waals surface area contributed by atoms with Gasteiger partial charge in [-0.3, -0.25) is 19.7 Å².